The van der Waals surface area contributed by atoms with Crippen LogP contribution in [0, 0.1) is 0 Å². The van der Waals surface area contributed by atoms with E-state index in [4.69, 9.17) is 9.47 Å². The Morgan fingerprint density at radius 1 is 0.714 bits per heavy atom. The number of fused-ring (bicyclic) bond motifs is 6. The molecule has 0 aliphatic carbocycles. The fourth-order valence-corrected chi connectivity index (χ4v) is 3.75. The predicted octanol–water partition coefficient (Wildman–Crippen LogP) is 2.25. The molecule has 28 heavy (non-hydrogen) atoms. The van der Waals surface area contributed by atoms with E-state index >= 15 is 0 Å². The molecule has 1 spiro atoms. The molecule has 0 atom stereocenters. The maximum Gasteiger partial charge on any atom is 0.340 e. The number of hydrogen-bond acceptors (Lipinski definition) is 7. The summed E-state index contributed by atoms with van der Waals surface area (Å²) in [6, 6.07) is 12.2. The van der Waals surface area contributed by atoms with Gasteiger partial charge in [-0.15, -0.1) is 0 Å². The lowest BCUT2D eigenvalue weighted by molar-refractivity contribution is 0.0220. The number of carbonyl (C=O) groups excluding carboxylic acids is 1. The quantitative estimate of drug-likeness (QED) is 0.344. The summed E-state index contributed by atoms with van der Waals surface area (Å²) in [5.41, 5.74) is -0.109. The zero-order chi connectivity index (χ0) is 18.9. The van der Waals surface area contributed by atoms with Gasteiger partial charge in [-0.25, -0.2) is 4.79 Å². The van der Waals surface area contributed by atoms with Crippen LogP contribution in [0.25, 0.3) is 0 Å². The van der Waals surface area contributed by atoms with E-state index < -0.39 is 34.6 Å². The Bertz CT molecular complexity index is 1090. The summed E-state index contributed by atoms with van der Waals surface area (Å²) in [6.45, 7) is 0. The van der Waals surface area contributed by atoms with E-state index in [2.05, 4.69) is 0 Å². The third-order valence-corrected chi connectivity index (χ3v) is 4.96. The SMILES string of the molecule is O.O=C1OC2(c3ccccc31)c1ccc(O)c(O)c1Oc1c2ccc(O)c1O. The summed E-state index contributed by atoms with van der Waals surface area (Å²) in [5.74, 6) is -2.94. The van der Waals surface area contributed by atoms with Crippen molar-refractivity contribution >= 4 is 5.97 Å². The first-order valence-electron chi connectivity index (χ1n) is 8.06. The summed E-state index contributed by atoms with van der Waals surface area (Å²) in [5, 5.41) is 40.4. The Balaban J connectivity index is 0.00000192. The fraction of sp³-hybridized carbons (Fsp3) is 0.0500. The van der Waals surface area contributed by atoms with Crippen molar-refractivity contribution < 1.29 is 40.2 Å². The van der Waals surface area contributed by atoms with Crippen molar-refractivity contribution in [2.75, 3.05) is 0 Å². The second-order valence-corrected chi connectivity index (χ2v) is 6.34. The molecule has 2 heterocycles. The second kappa shape index (κ2) is 5.54. The van der Waals surface area contributed by atoms with Gasteiger partial charge in [-0.05, 0) is 30.3 Å². The van der Waals surface area contributed by atoms with Gasteiger partial charge in [0.05, 0.1) is 16.7 Å². The van der Waals surface area contributed by atoms with Gasteiger partial charge in [-0.2, -0.15) is 0 Å². The summed E-state index contributed by atoms with van der Waals surface area (Å²) in [6.07, 6.45) is 0. The Labute approximate surface area is 157 Å². The number of benzene rings is 3. The van der Waals surface area contributed by atoms with E-state index in [1.165, 1.54) is 24.3 Å². The molecule has 142 valence electrons. The smallest absolute Gasteiger partial charge is 0.340 e. The second-order valence-electron chi connectivity index (χ2n) is 6.34. The number of phenolic OH excluding ortho intramolecular Hbond substituents is 4. The lowest BCUT2D eigenvalue weighted by Gasteiger charge is -2.36. The molecule has 0 fully saturated rings. The first kappa shape index (κ1) is 17.5. The van der Waals surface area contributed by atoms with Crippen LogP contribution in [0.5, 0.6) is 34.5 Å². The Kier molecular flexibility index (Phi) is 3.46. The average Bonchev–Trinajstić information content (AvgIpc) is 2.96. The summed E-state index contributed by atoms with van der Waals surface area (Å²) >= 11 is 0. The number of hydrogen-bond donors (Lipinski definition) is 4. The molecular weight excluding hydrogens is 368 g/mol. The van der Waals surface area contributed by atoms with Crippen LogP contribution in [0.2, 0.25) is 0 Å². The largest absolute Gasteiger partial charge is 0.504 e. The molecule has 0 saturated carbocycles. The third kappa shape index (κ3) is 1.89. The van der Waals surface area contributed by atoms with Crippen LogP contribution in [0.1, 0.15) is 27.0 Å². The van der Waals surface area contributed by atoms with Crippen molar-refractivity contribution in [1.29, 1.82) is 0 Å². The topological polar surface area (TPSA) is 148 Å². The van der Waals surface area contributed by atoms with Crippen molar-refractivity contribution in [3.8, 4) is 34.5 Å². The minimum atomic E-state index is -1.51. The van der Waals surface area contributed by atoms with Crippen molar-refractivity contribution in [3.63, 3.8) is 0 Å². The molecule has 0 saturated heterocycles. The number of ether oxygens (including phenoxy) is 2. The monoisotopic (exact) mass is 382 g/mol. The number of phenols is 4. The Morgan fingerprint density at radius 3 is 1.82 bits per heavy atom. The molecule has 0 radical (unpaired) electrons. The fourth-order valence-electron chi connectivity index (χ4n) is 3.75. The minimum Gasteiger partial charge on any atom is -0.504 e. The zero-order valence-corrected chi connectivity index (χ0v) is 14.1. The number of carbonyl (C=O) groups is 1. The molecule has 8 heteroatoms. The lowest BCUT2D eigenvalue weighted by Crippen LogP contribution is -2.33. The van der Waals surface area contributed by atoms with Crippen molar-refractivity contribution in [2.24, 2.45) is 0 Å². The number of aromatic hydroxyl groups is 4. The van der Waals surface area contributed by atoms with Gasteiger partial charge in [0.1, 0.15) is 0 Å². The van der Waals surface area contributed by atoms with Gasteiger partial charge in [0.2, 0.25) is 11.5 Å². The van der Waals surface area contributed by atoms with Crippen LogP contribution in [0.15, 0.2) is 48.5 Å². The van der Waals surface area contributed by atoms with E-state index in [1.54, 1.807) is 24.3 Å². The van der Waals surface area contributed by atoms with E-state index in [0.29, 0.717) is 11.1 Å². The molecule has 6 N–H and O–H groups in total. The van der Waals surface area contributed by atoms with Crippen molar-refractivity contribution in [3.05, 3.63) is 70.8 Å². The molecule has 0 amide bonds. The summed E-state index contributed by atoms with van der Waals surface area (Å²) in [4.78, 5) is 12.6. The highest BCUT2D eigenvalue weighted by Crippen LogP contribution is 2.61. The maximum atomic E-state index is 12.6. The van der Waals surface area contributed by atoms with E-state index in [0.717, 1.165) is 0 Å². The third-order valence-electron chi connectivity index (χ3n) is 4.96. The van der Waals surface area contributed by atoms with Gasteiger partial charge in [-0.3, -0.25) is 0 Å². The van der Waals surface area contributed by atoms with Gasteiger partial charge >= 0.3 is 5.97 Å². The number of esters is 1. The highest BCUT2D eigenvalue weighted by molar-refractivity contribution is 5.97. The molecule has 0 bridgehead atoms. The van der Waals surface area contributed by atoms with Crippen LogP contribution in [-0.2, 0) is 10.3 Å². The lowest BCUT2D eigenvalue weighted by atomic mass is 9.77. The van der Waals surface area contributed by atoms with Crippen LogP contribution >= 0.6 is 0 Å². The van der Waals surface area contributed by atoms with Crippen LogP contribution in [0.4, 0.5) is 0 Å². The predicted molar refractivity (Wildman–Crippen MR) is 95.0 cm³/mol. The van der Waals surface area contributed by atoms with Crippen LogP contribution in [0.3, 0.4) is 0 Å². The first-order chi connectivity index (χ1) is 12.9. The van der Waals surface area contributed by atoms with Crippen LogP contribution < -0.4 is 4.74 Å². The standard InChI is InChI=1S/C20H12O7.H2O/c21-13-7-5-11-17(15(13)23)26-18-12(6-8-14(22)16(18)24)20(11)10-4-2-1-3-9(10)19(25)27-20;/h1-8,21-24H;1H2. The van der Waals surface area contributed by atoms with E-state index in [-0.39, 0.29) is 28.1 Å². The van der Waals surface area contributed by atoms with Crippen molar-refractivity contribution in [1.82, 2.24) is 0 Å². The molecule has 5 rings (SSSR count). The normalized spacial score (nSPS) is 14.9. The van der Waals surface area contributed by atoms with Gasteiger partial charge in [0, 0.05) is 5.56 Å². The zero-order valence-electron chi connectivity index (χ0n) is 14.1. The van der Waals surface area contributed by atoms with E-state index in [1.807, 2.05) is 0 Å². The molecule has 2 aliphatic rings. The molecule has 2 aliphatic heterocycles. The van der Waals surface area contributed by atoms with E-state index in [9.17, 15) is 25.2 Å². The van der Waals surface area contributed by atoms with Gasteiger partial charge < -0.3 is 35.4 Å². The molecule has 3 aromatic rings. The number of rotatable bonds is 0. The maximum absolute atomic E-state index is 12.6. The Hall–Kier alpha value is -3.91. The van der Waals surface area contributed by atoms with Crippen molar-refractivity contribution in [2.45, 2.75) is 5.60 Å². The summed E-state index contributed by atoms with van der Waals surface area (Å²) in [7, 11) is 0. The van der Waals surface area contributed by atoms with Gasteiger partial charge in [-0.1, -0.05) is 18.2 Å². The molecule has 0 unspecified atom stereocenters. The highest BCUT2D eigenvalue weighted by atomic mass is 16.6. The van der Waals surface area contributed by atoms with Crippen LogP contribution in [-0.4, -0.2) is 31.9 Å². The van der Waals surface area contributed by atoms with Gasteiger partial charge in [0.15, 0.2) is 28.6 Å². The molecule has 8 nitrogen and oxygen atoms in total. The Morgan fingerprint density at radius 2 is 1.25 bits per heavy atom. The molecular formula is C20H14O8. The highest BCUT2D eigenvalue weighted by Gasteiger charge is 2.55. The first-order valence-corrected chi connectivity index (χ1v) is 8.06. The summed E-state index contributed by atoms with van der Waals surface area (Å²) < 4.78 is 11.4. The average molecular weight is 382 g/mol. The van der Waals surface area contributed by atoms with Gasteiger partial charge in [0.25, 0.3) is 0 Å². The minimum absolute atomic E-state index is 0. The molecule has 3 aromatic carbocycles. The molecule has 0 aromatic heterocycles.